The SMILES string of the molecule is CCNCCCNC1CCCC1NCCCNCC. The molecule has 0 aromatic carbocycles. The first-order chi connectivity index (χ1) is 9.38. The lowest BCUT2D eigenvalue weighted by Crippen LogP contribution is -2.45. The topological polar surface area (TPSA) is 48.1 Å². The Bertz CT molecular complexity index is 179. The van der Waals surface area contributed by atoms with Crippen molar-refractivity contribution >= 4 is 0 Å². The molecule has 4 nitrogen and oxygen atoms in total. The van der Waals surface area contributed by atoms with E-state index in [-0.39, 0.29) is 0 Å². The molecule has 0 aliphatic heterocycles. The summed E-state index contributed by atoms with van der Waals surface area (Å²) in [7, 11) is 0. The smallest absolute Gasteiger partial charge is 0.0221 e. The predicted molar refractivity (Wildman–Crippen MR) is 83.8 cm³/mol. The molecule has 19 heavy (non-hydrogen) atoms. The molecule has 0 aromatic heterocycles. The van der Waals surface area contributed by atoms with Crippen LogP contribution in [0.5, 0.6) is 0 Å². The summed E-state index contributed by atoms with van der Waals surface area (Å²) in [5.74, 6) is 0. The van der Waals surface area contributed by atoms with E-state index in [1.165, 1.54) is 32.1 Å². The summed E-state index contributed by atoms with van der Waals surface area (Å²) < 4.78 is 0. The molecule has 114 valence electrons. The summed E-state index contributed by atoms with van der Waals surface area (Å²) in [6.45, 7) is 11.1. The third-order valence-corrected chi connectivity index (χ3v) is 3.89. The van der Waals surface area contributed by atoms with Crippen molar-refractivity contribution in [2.45, 2.75) is 58.0 Å². The van der Waals surface area contributed by atoms with Crippen LogP contribution in [0.3, 0.4) is 0 Å². The zero-order chi connectivity index (χ0) is 13.8. The van der Waals surface area contributed by atoms with Crippen LogP contribution in [0.4, 0.5) is 0 Å². The summed E-state index contributed by atoms with van der Waals surface area (Å²) in [5, 5.41) is 14.2. The van der Waals surface area contributed by atoms with Gasteiger partial charge >= 0.3 is 0 Å². The first-order valence-corrected chi connectivity index (χ1v) is 8.26. The van der Waals surface area contributed by atoms with E-state index in [9.17, 15) is 0 Å². The second kappa shape index (κ2) is 11.6. The Balaban J connectivity index is 2.01. The molecule has 0 heterocycles. The maximum atomic E-state index is 3.72. The van der Waals surface area contributed by atoms with Crippen LogP contribution in [0, 0.1) is 0 Å². The molecule has 1 saturated carbocycles. The second-order valence-corrected chi connectivity index (χ2v) is 5.47. The zero-order valence-corrected chi connectivity index (χ0v) is 12.9. The van der Waals surface area contributed by atoms with Crippen LogP contribution in [-0.4, -0.2) is 51.4 Å². The van der Waals surface area contributed by atoms with E-state index in [0.717, 1.165) is 39.3 Å². The van der Waals surface area contributed by atoms with Crippen molar-refractivity contribution in [2.75, 3.05) is 39.3 Å². The lowest BCUT2D eigenvalue weighted by molar-refractivity contribution is 0.402. The van der Waals surface area contributed by atoms with Gasteiger partial charge in [-0.3, -0.25) is 0 Å². The maximum absolute atomic E-state index is 3.72. The van der Waals surface area contributed by atoms with Gasteiger partial charge in [-0.1, -0.05) is 20.3 Å². The normalized spacial score (nSPS) is 23.1. The van der Waals surface area contributed by atoms with E-state index >= 15 is 0 Å². The average molecular weight is 270 g/mol. The summed E-state index contributed by atoms with van der Waals surface area (Å²) in [5.41, 5.74) is 0. The van der Waals surface area contributed by atoms with E-state index in [2.05, 4.69) is 35.1 Å². The fourth-order valence-corrected chi connectivity index (χ4v) is 2.80. The Morgan fingerprint density at radius 1 is 0.737 bits per heavy atom. The molecular weight excluding hydrogens is 236 g/mol. The largest absolute Gasteiger partial charge is 0.317 e. The van der Waals surface area contributed by atoms with Crippen LogP contribution in [-0.2, 0) is 0 Å². The zero-order valence-electron chi connectivity index (χ0n) is 12.9. The second-order valence-electron chi connectivity index (χ2n) is 5.47. The minimum atomic E-state index is 0.695. The Morgan fingerprint density at radius 2 is 1.21 bits per heavy atom. The van der Waals surface area contributed by atoms with Crippen LogP contribution >= 0.6 is 0 Å². The van der Waals surface area contributed by atoms with E-state index in [0.29, 0.717) is 12.1 Å². The predicted octanol–water partition coefficient (Wildman–Crippen LogP) is 1.09. The Kier molecular flexibility index (Phi) is 10.4. The van der Waals surface area contributed by atoms with Crippen LogP contribution in [0.25, 0.3) is 0 Å². The van der Waals surface area contributed by atoms with Gasteiger partial charge < -0.3 is 21.3 Å². The molecule has 1 aliphatic rings. The van der Waals surface area contributed by atoms with Crippen molar-refractivity contribution in [3.63, 3.8) is 0 Å². The van der Waals surface area contributed by atoms with Crippen molar-refractivity contribution in [1.29, 1.82) is 0 Å². The third-order valence-electron chi connectivity index (χ3n) is 3.89. The number of hydrogen-bond donors (Lipinski definition) is 4. The van der Waals surface area contributed by atoms with E-state index < -0.39 is 0 Å². The molecule has 0 amide bonds. The quantitative estimate of drug-likeness (QED) is 0.401. The average Bonchev–Trinajstić information content (AvgIpc) is 2.86. The van der Waals surface area contributed by atoms with Gasteiger partial charge in [-0.15, -0.1) is 0 Å². The fraction of sp³-hybridized carbons (Fsp3) is 1.00. The first kappa shape index (κ1) is 16.9. The molecule has 4 heteroatoms. The molecule has 0 bridgehead atoms. The molecular formula is C15H34N4. The van der Waals surface area contributed by atoms with Gasteiger partial charge in [0.05, 0.1) is 0 Å². The maximum Gasteiger partial charge on any atom is 0.0221 e. The molecule has 1 rings (SSSR count). The van der Waals surface area contributed by atoms with Crippen molar-refractivity contribution in [3.8, 4) is 0 Å². The summed E-state index contributed by atoms with van der Waals surface area (Å²) in [6, 6.07) is 1.39. The van der Waals surface area contributed by atoms with Gasteiger partial charge in [0, 0.05) is 12.1 Å². The summed E-state index contributed by atoms with van der Waals surface area (Å²) in [6.07, 6.45) is 6.52. The Morgan fingerprint density at radius 3 is 1.63 bits per heavy atom. The highest BCUT2D eigenvalue weighted by molar-refractivity contribution is 4.88. The molecule has 0 aromatic rings. The van der Waals surface area contributed by atoms with Crippen LogP contribution in [0.1, 0.15) is 46.0 Å². The van der Waals surface area contributed by atoms with Gasteiger partial charge in [0.1, 0.15) is 0 Å². The molecule has 2 unspecified atom stereocenters. The highest BCUT2D eigenvalue weighted by Crippen LogP contribution is 2.18. The van der Waals surface area contributed by atoms with Crippen molar-refractivity contribution in [2.24, 2.45) is 0 Å². The lowest BCUT2D eigenvalue weighted by Gasteiger charge is -2.22. The van der Waals surface area contributed by atoms with E-state index in [1.807, 2.05) is 0 Å². The number of hydrogen-bond acceptors (Lipinski definition) is 4. The lowest BCUT2D eigenvalue weighted by atomic mass is 10.1. The highest BCUT2D eigenvalue weighted by Gasteiger charge is 2.25. The molecule has 4 N–H and O–H groups in total. The van der Waals surface area contributed by atoms with E-state index in [4.69, 9.17) is 0 Å². The van der Waals surface area contributed by atoms with Gasteiger partial charge in [0.25, 0.3) is 0 Å². The van der Waals surface area contributed by atoms with Crippen LogP contribution in [0.2, 0.25) is 0 Å². The Labute approximate surface area is 119 Å². The fourth-order valence-electron chi connectivity index (χ4n) is 2.80. The summed E-state index contributed by atoms with van der Waals surface area (Å²) in [4.78, 5) is 0. The minimum absolute atomic E-state index is 0.695. The Hall–Kier alpha value is -0.160. The number of rotatable bonds is 12. The first-order valence-electron chi connectivity index (χ1n) is 8.26. The molecule has 1 aliphatic carbocycles. The van der Waals surface area contributed by atoms with E-state index in [1.54, 1.807) is 0 Å². The molecule has 0 spiro atoms. The molecule has 2 atom stereocenters. The van der Waals surface area contributed by atoms with Gasteiger partial charge in [-0.2, -0.15) is 0 Å². The van der Waals surface area contributed by atoms with Gasteiger partial charge in [-0.25, -0.2) is 0 Å². The standard InChI is InChI=1S/C15H34N4/c1-3-16-10-6-12-18-14-8-5-9-15(14)19-13-7-11-17-4-2/h14-19H,3-13H2,1-2H3. The molecule has 0 radical (unpaired) electrons. The van der Waals surface area contributed by atoms with Crippen molar-refractivity contribution in [3.05, 3.63) is 0 Å². The third kappa shape index (κ3) is 7.88. The van der Waals surface area contributed by atoms with Gasteiger partial charge in [0.2, 0.25) is 0 Å². The highest BCUT2D eigenvalue weighted by atomic mass is 15.0. The van der Waals surface area contributed by atoms with Gasteiger partial charge in [0.15, 0.2) is 0 Å². The minimum Gasteiger partial charge on any atom is -0.317 e. The van der Waals surface area contributed by atoms with Gasteiger partial charge in [-0.05, 0) is 65.0 Å². The molecule has 1 fully saturated rings. The van der Waals surface area contributed by atoms with Crippen molar-refractivity contribution < 1.29 is 0 Å². The summed E-state index contributed by atoms with van der Waals surface area (Å²) >= 11 is 0. The van der Waals surface area contributed by atoms with Crippen molar-refractivity contribution in [1.82, 2.24) is 21.3 Å². The van der Waals surface area contributed by atoms with Crippen LogP contribution in [0.15, 0.2) is 0 Å². The van der Waals surface area contributed by atoms with Crippen LogP contribution < -0.4 is 21.3 Å². The monoisotopic (exact) mass is 270 g/mol. The molecule has 0 saturated heterocycles. The number of nitrogens with one attached hydrogen (secondary N) is 4.